The molecule has 0 saturated heterocycles. The molecular formula is C23H24O. The fraction of sp³-hybridized carbons (Fsp3) is 0.261. The van der Waals surface area contributed by atoms with E-state index in [1.54, 1.807) is 0 Å². The molecule has 1 nitrogen and oxygen atoms in total. The molecule has 1 heteroatoms. The van der Waals surface area contributed by atoms with Crippen molar-refractivity contribution >= 4 is 11.9 Å². The highest BCUT2D eigenvalue weighted by Crippen LogP contribution is 2.34. The molecule has 3 rings (SSSR count). The van der Waals surface area contributed by atoms with Crippen LogP contribution in [-0.2, 0) is 11.2 Å². The Hall–Kier alpha value is -2.41. The van der Waals surface area contributed by atoms with E-state index < -0.39 is 0 Å². The molecule has 0 heterocycles. The number of carbonyl (C=O) groups excluding carboxylic acids is 1. The van der Waals surface area contributed by atoms with Gasteiger partial charge in [-0.2, -0.15) is 0 Å². The minimum Gasteiger partial charge on any atom is -0.298 e. The maximum atomic E-state index is 11.5. The Labute approximate surface area is 144 Å². The van der Waals surface area contributed by atoms with E-state index >= 15 is 0 Å². The second kappa shape index (κ2) is 7.44. The third-order valence-corrected chi connectivity index (χ3v) is 4.79. The lowest BCUT2D eigenvalue weighted by atomic mass is 9.83. The largest absolute Gasteiger partial charge is 0.298 e. The van der Waals surface area contributed by atoms with E-state index in [1.807, 2.05) is 0 Å². The van der Waals surface area contributed by atoms with Crippen LogP contribution in [0.1, 0.15) is 42.9 Å². The Bertz CT molecular complexity index is 797. The predicted octanol–water partition coefficient (Wildman–Crippen LogP) is 5.67. The van der Waals surface area contributed by atoms with Gasteiger partial charge in [0, 0.05) is 5.57 Å². The number of hydrogen-bond donors (Lipinski definition) is 0. The summed E-state index contributed by atoms with van der Waals surface area (Å²) >= 11 is 0. The highest BCUT2D eigenvalue weighted by Gasteiger charge is 2.18. The van der Waals surface area contributed by atoms with Crippen molar-refractivity contribution in [2.75, 3.05) is 0 Å². The number of allylic oxidation sites excluding steroid dienone is 10. The van der Waals surface area contributed by atoms with Crippen LogP contribution in [0.5, 0.6) is 0 Å². The summed E-state index contributed by atoms with van der Waals surface area (Å²) in [7, 11) is 0. The number of aldehydes is 1. The number of fused-ring (bicyclic) bond motifs is 1. The van der Waals surface area contributed by atoms with Gasteiger partial charge in [0.25, 0.3) is 0 Å². The second-order valence-electron chi connectivity index (χ2n) is 6.61. The van der Waals surface area contributed by atoms with Gasteiger partial charge in [0.15, 0.2) is 0 Å². The molecule has 0 fully saturated rings. The van der Waals surface area contributed by atoms with Gasteiger partial charge in [-0.15, -0.1) is 0 Å². The highest BCUT2D eigenvalue weighted by molar-refractivity contribution is 5.94. The first-order valence-electron chi connectivity index (χ1n) is 8.65. The van der Waals surface area contributed by atoms with Gasteiger partial charge in [0.05, 0.1) is 0 Å². The number of aryl methyl sites for hydroxylation is 2. The van der Waals surface area contributed by atoms with Gasteiger partial charge < -0.3 is 0 Å². The first kappa shape index (κ1) is 16.4. The Morgan fingerprint density at radius 1 is 1.12 bits per heavy atom. The zero-order valence-corrected chi connectivity index (χ0v) is 14.5. The van der Waals surface area contributed by atoms with Crippen LogP contribution in [0, 0.1) is 6.92 Å². The third-order valence-electron chi connectivity index (χ3n) is 4.79. The summed E-state index contributed by atoms with van der Waals surface area (Å²) in [6.07, 6.45) is 17.9. The summed E-state index contributed by atoms with van der Waals surface area (Å²) in [5.74, 6) is 0. The van der Waals surface area contributed by atoms with Gasteiger partial charge >= 0.3 is 0 Å². The Morgan fingerprint density at radius 3 is 2.83 bits per heavy atom. The fourth-order valence-electron chi connectivity index (χ4n) is 3.45. The van der Waals surface area contributed by atoms with Crippen molar-refractivity contribution in [2.45, 2.75) is 39.5 Å². The average Bonchev–Trinajstić information content (AvgIpc) is 2.79. The fourth-order valence-corrected chi connectivity index (χ4v) is 3.45. The summed E-state index contributed by atoms with van der Waals surface area (Å²) in [6, 6.07) is 6.43. The first-order valence-corrected chi connectivity index (χ1v) is 8.65. The van der Waals surface area contributed by atoms with Crippen LogP contribution in [0.25, 0.3) is 5.57 Å². The van der Waals surface area contributed by atoms with E-state index in [0.717, 1.165) is 43.1 Å². The van der Waals surface area contributed by atoms with Gasteiger partial charge in [-0.25, -0.2) is 0 Å². The van der Waals surface area contributed by atoms with Gasteiger partial charge in [0.1, 0.15) is 6.29 Å². The van der Waals surface area contributed by atoms with E-state index in [9.17, 15) is 4.79 Å². The Morgan fingerprint density at radius 2 is 2.00 bits per heavy atom. The molecule has 0 atom stereocenters. The van der Waals surface area contributed by atoms with Crippen LogP contribution in [0.2, 0.25) is 0 Å². The second-order valence-corrected chi connectivity index (χ2v) is 6.61. The topological polar surface area (TPSA) is 17.1 Å². The molecule has 0 unspecified atom stereocenters. The molecule has 24 heavy (non-hydrogen) atoms. The Kier molecular flexibility index (Phi) is 5.10. The predicted molar refractivity (Wildman–Crippen MR) is 102 cm³/mol. The number of rotatable bonds is 4. The molecule has 0 radical (unpaired) electrons. The van der Waals surface area contributed by atoms with Gasteiger partial charge in [-0.1, -0.05) is 65.8 Å². The number of hydrogen-bond acceptors (Lipinski definition) is 1. The molecule has 0 aromatic heterocycles. The zero-order chi connectivity index (χ0) is 16.9. The molecule has 0 spiro atoms. The van der Waals surface area contributed by atoms with Crippen LogP contribution >= 0.6 is 0 Å². The number of carbonyl (C=O) groups is 1. The van der Waals surface area contributed by atoms with Crippen LogP contribution < -0.4 is 0 Å². The standard InChI is InChI=1S/C23H24O/c1-17-6-3-8-19(13-12-17)9-5-11-22-21(16-24)15-14-20-10-4-7-18(2)23(20)22/h3-7,10-13,16H,8-9,14-15H2,1-2H3/b11-5-. The van der Waals surface area contributed by atoms with Crippen molar-refractivity contribution in [2.24, 2.45) is 0 Å². The summed E-state index contributed by atoms with van der Waals surface area (Å²) in [5.41, 5.74) is 8.59. The van der Waals surface area contributed by atoms with Gasteiger partial charge in [-0.3, -0.25) is 4.79 Å². The van der Waals surface area contributed by atoms with Crippen LogP contribution in [-0.4, -0.2) is 6.29 Å². The quantitative estimate of drug-likeness (QED) is 0.654. The van der Waals surface area contributed by atoms with Gasteiger partial charge in [-0.05, 0) is 61.8 Å². The van der Waals surface area contributed by atoms with Crippen molar-refractivity contribution in [3.05, 3.63) is 88.1 Å². The third kappa shape index (κ3) is 3.56. The molecule has 2 aliphatic carbocycles. The van der Waals surface area contributed by atoms with E-state index in [-0.39, 0.29) is 0 Å². The van der Waals surface area contributed by atoms with Crippen LogP contribution in [0.4, 0.5) is 0 Å². The molecular weight excluding hydrogens is 292 g/mol. The van der Waals surface area contributed by atoms with Gasteiger partial charge in [0.2, 0.25) is 0 Å². The maximum Gasteiger partial charge on any atom is 0.146 e. The molecule has 1 aromatic rings. The van der Waals surface area contributed by atoms with Crippen molar-refractivity contribution in [3.63, 3.8) is 0 Å². The van der Waals surface area contributed by atoms with Crippen molar-refractivity contribution in [1.29, 1.82) is 0 Å². The zero-order valence-electron chi connectivity index (χ0n) is 14.5. The summed E-state index contributed by atoms with van der Waals surface area (Å²) in [4.78, 5) is 11.5. The lowest BCUT2D eigenvalue weighted by molar-refractivity contribution is -0.105. The smallest absolute Gasteiger partial charge is 0.146 e. The van der Waals surface area contributed by atoms with Crippen molar-refractivity contribution < 1.29 is 4.79 Å². The number of benzene rings is 1. The summed E-state index contributed by atoms with van der Waals surface area (Å²) in [5, 5.41) is 0. The lowest BCUT2D eigenvalue weighted by Gasteiger charge is -2.21. The average molecular weight is 316 g/mol. The van der Waals surface area contributed by atoms with E-state index in [0.29, 0.717) is 0 Å². The SMILES string of the molecule is CC1=CC=C(C/C=C\C2=C(C=O)CCc3cccc(C)c32)CC=C1. The molecule has 0 amide bonds. The monoisotopic (exact) mass is 316 g/mol. The van der Waals surface area contributed by atoms with Crippen LogP contribution in [0.15, 0.2) is 71.4 Å². The molecule has 2 aliphatic rings. The van der Waals surface area contributed by atoms with E-state index in [4.69, 9.17) is 0 Å². The highest BCUT2D eigenvalue weighted by atomic mass is 16.1. The van der Waals surface area contributed by atoms with Crippen LogP contribution in [0.3, 0.4) is 0 Å². The molecule has 122 valence electrons. The normalized spacial score (nSPS) is 17.4. The summed E-state index contributed by atoms with van der Waals surface area (Å²) < 4.78 is 0. The molecule has 0 saturated carbocycles. The minimum absolute atomic E-state index is 0.840. The minimum atomic E-state index is 0.840. The molecule has 0 aliphatic heterocycles. The maximum absolute atomic E-state index is 11.5. The molecule has 0 N–H and O–H groups in total. The van der Waals surface area contributed by atoms with Crippen molar-refractivity contribution in [1.82, 2.24) is 0 Å². The van der Waals surface area contributed by atoms with Crippen molar-refractivity contribution in [3.8, 4) is 0 Å². The van der Waals surface area contributed by atoms with E-state index in [1.165, 1.54) is 27.8 Å². The van der Waals surface area contributed by atoms with E-state index in [2.05, 4.69) is 68.5 Å². The Balaban J connectivity index is 1.87. The lowest BCUT2D eigenvalue weighted by Crippen LogP contribution is -2.06. The molecule has 0 bridgehead atoms. The molecule has 1 aromatic carbocycles. The summed E-state index contributed by atoms with van der Waals surface area (Å²) in [6.45, 7) is 4.25. The first-order chi connectivity index (χ1) is 11.7.